The molecular formula is C52H33NS2. The molecule has 3 heteroatoms. The first-order valence-electron chi connectivity index (χ1n) is 18.7. The minimum absolute atomic E-state index is 1.11. The minimum atomic E-state index is 1.11. The average molecular weight is 736 g/mol. The van der Waals surface area contributed by atoms with Crippen LogP contribution >= 0.6 is 22.7 Å². The maximum Gasteiger partial charge on any atom is 0.0540 e. The quantitative estimate of drug-likeness (QED) is 0.164. The number of benzene rings is 9. The third-order valence-electron chi connectivity index (χ3n) is 10.9. The molecule has 0 saturated heterocycles. The third kappa shape index (κ3) is 5.35. The van der Waals surface area contributed by atoms with Crippen LogP contribution in [0.1, 0.15) is 0 Å². The van der Waals surface area contributed by atoms with Gasteiger partial charge in [-0.2, -0.15) is 0 Å². The van der Waals surface area contributed by atoms with Gasteiger partial charge in [0.2, 0.25) is 0 Å². The Morgan fingerprint density at radius 2 is 0.927 bits per heavy atom. The number of nitrogens with zero attached hydrogens (tertiary/aromatic N) is 1. The zero-order valence-corrected chi connectivity index (χ0v) is 31.4. The van der Waals surface area contributed by atoms with E-state index in [0.29, 0.717) is 0 Å². The normalized spacial score (nSPS) is 11.6. The summed E-state index contributed by atoms with van der Waals surface area (Å²) in [6.07, 6.45) is 0. The van der Waals surface area contributed by atoms with Gasteiger partial charge in [0.1, 0.15) is 0 Å². The highest BCUT2D eigenvalue weighted by Crippen LogP contribution is 2.47. The molecule has 11 rings (SSSR count). The van der Waals surface area contributed by atoms with Crippen LogP contribution in [0.3, 0.4) is 0 Å². The summed E-state index contributed by atoms with van der Waals surface area (Å²) in [4.78, 5) is 2.45. The average Bonchev–Trinajstić information content (AvgIpc) is 3.83. The number of rotatable bonds is 6. The Morgan fingerprint density at radius 1 is 0.327 bits per heavy atom. The summed E-state index contributed by atoms with van der Waals surface area (Å²) < 4.78 is 5.26. The van der Waals surface area contributed by atoms with Crippen LogP contribution in [0.15, 0.2) is 200 Å². The Balaban J connectivity index is 1.12. The van der Waals surface area contributed by atoms with Crippen LogP contribution in [0, 0.1) is 0 Å². The molecule has 0 aliphatic heterocycles. The second-order valence-corrected chi connectivity index (χ2v) is 16.2. The van der Waals surface area contributed by atoms with Gasteiger partial charge < -0.3 is 4.90 Å². The van der Waals surface area contributed by atoms with Crippen LogP contribution in [0.5, 0.6) is 0 Å². The lowest BCUT2D eigenvalue weighted by Crippen LogP contribution is -2.11. The molecule has 0 aliphatic carbocycles. The monoisotopic (exact) mass is 735 g/mol. The van der Waals surface area contributed by atoms with Crippen molar-refractivity contribution >= 4 is 90.9 Å². The van der Waals surface area contributed by atoms with E-state index in [4.69, 9.17) is 0 Å². The topological polar surface area (TPSA) is 3.24 Å². The molecule has 0 radical (unpaired) electrons. The molecular weight excluding hydrogens is 703 g/mol. The van der Waals surface area contributed by atoms with E-state index in [1.54, 1.807) is 0 Å². The zero-order chi connectivity index (χ0) is 36.3. The lowest BCUT2D eigenvalue weighted by atomic mass is 9.96. The molecule has 258 valence electrons. The molecule has 1 nitrogen and oxygen atoms in total. The van der Waals surface area contributed by atoms with Crippen molar-refractivity contribution in [2.24, 2.45) is 0 Å². The van der Waals surface area contributed by atoms with Crippen molar-refractivity contribution < 1.29 is 0 Å². The summed E-state index contributed by atoms with van der Waals surface area (Å²) in [6.45, 7) is 0. The Morgan fingerprint density at radius 3 is 1.82 bits per heavy atom. The highest BCUT2D eigenvalue weighted by molar-refractivity contribution is 7.26. The number of fused-ring (bicyclic) bond motifs is 7. The molecule has 0 aliphatic rings. The second-order valence-electron chi connectivity index (χ2n) is 14.0. The van der Waals surface area contributed by atoms with Gasteiger partial charge in [0.25, 0.3) is 0 Å². The summed E-state index contributed by atoms with van der Waals surface area (Å²) in [6, 6.07) is 73.4. The summed E-state index contributed by atoms with van der Waals surface area (Å²) >= 11 is 3.75. The molecule has 0 bridgehead atoms. The van der Waals surface area contributed by atoms with Gasteiger partial charge in [0.15, 0.2) is 0 Å². The fraction of sp³-hybridized carbons (Fsp3) is 0. The number of thiophene rings is 2. The predicted octanol–water partition coefficient (Wildman–Crippen LogP) is 16.0. The van der Waals surface area contributed by atoms with Crippen molar-refractivity contribution in [2.75, 3.05) is 4.90 Å². The largest absolute Gasteiger partial charge is 0.310 e. The van der Waals surface area contributed by atoms with Gasteiger partial charge in [-0.3, -0.25) is 0 Å². The molecule has 0 amide bonds. The van der Waals surface area contributed by atoms with Gasteiger partial charge in [-0.05, 0) is 87.1 Å². The first-order valence-corrected chi connectivity index (χ1v) is 20.3. The maximum atomic E-state index is 2.45. The molecule has 9 aromatic carbocycles. The molecule has 0 atom stereocenters. The zero-order valence-electron chi connectivity index (χ0n) is 29.8. The van der Waals surface area contributed by atoms with E-state index in [1.165, 1.54) is 84.5 Å². The Bertz CT molecular complexity index is 3220. The molecule has 11 aromatic rings. The molecule has 2 aromatic heterocycles. The molecule has 0 saturated carbocycles. The molecule has 0 unspecified atom stereocenters. The van der Waals surface area contributed by atoms with E-state index in [2.05, 4.69) is 205 Å². The van der Waals surface area contributed by atoms with Crippen LogP contribution in [-0.2, 0) is 0 Å². The number of para-hydroxylation sites is 1. The van der Waals surface area contributed by atoms with Crippen LogP contribution in [-0.4, -0.2) is 0 Å². The predicted molar refractivity (Wildman–Crippen MR) is 241 cm³/mol. The summed E-state index contributed by atoms with van der Waals surface area (Å²) in [5.41, 5.74) is 10.7. The Labute approximate surface area is 327 Å². The first kappa shape index (κ1) is 32.0. The smallest absolute Gasteiger partial charge is 0.0540 e. The molecule has 55 heavy (non-hydrogen) atoms. The van der Waals surface area contributed by atoms with Gasteiger partial charge in [0, 0.05) is 57.3 Å². The lowest BCUT2D eigenvalue weighted by Gasteiger charge is -2.29. The van der Waals surface area contributed by atoms with Gasteiger partial charge in [0.05, 0.1) is 5.69 Å². The first-order chi connectivity index (χ1) is 27.3. The van der Waals surface area contributed by atoms with E-state index >= 15 is 0 Å². The Kier molecular flexibility index (Phi) is 7.61. The fourth-order valence-electron chi connectivity index (χ4n) is 8.38. The van der Waals surface area contributed by atoms with Gasteiger partial charge in [-0.25, -0.2) is 0 Å². The highest BCUT2D eigenvalue weighted by atomic mass is 32.1. The SMILES string of the molecule is c1cc(-c2cccc3c2sc2ccccc23)cc(N(c2ccc(-c3cccc4ccccc34)cc2)c2ccccc2-c2cccc3sc4ccccc4c23)c1. The van der Waals surface area contributed by atoms with E-state index in [1.807, 2.05) is 22.7 Å². The molecule has 0 N–H and O–H groups in total. The third-order valence-corrected chi connectivity index (χ3v) is 13.2. The lowest BCUT2D eigenvalue weighted by molar-refractivity contribution is 1.28. The van der Waals surface area contributed by atoms with E-state index in [0.717, 1.165) is 17.1 Å². The highest BCUT2D eigenvalue weighted by Gasteiger charge is 2.21. The van der Waals surface area contributed by atoms with Crippen molar-refractivity contribution in [3.8, 4) is 33.4 Å². The van der Waals surface area contributed by atoms with E-state index < -0.39 is 0 Å². The summed E-state index contributed by atoms with van der Waals surface area (Å²) in [5.74, 6) is 0. The molecule has 0 spiro atoms. The van der Waals surface area contributed by atoms with Crippen LogP contribution in [0.4, 0.5) is 17.1 Å². The van der Waals surface area contributed by atoms with E-state index in [-0.39, 0.29) is 0 Å². The van der Waals surface area contributed by atoms with Crippen molar-refractivity contribution in [1.29, 1.82) is 0 Å². The summed E-state index contributed by atoms with van der Waals surface area (Å²) in [7, 11) is 0. The standard InChI is InChI=1S/C52H33NS2/c1-2-17-39-34(13-1)14-10-21-40(39)35-29-31-37(32-30-35)53(38-16-9-15-36(33-38)41-22-11-24-45-43-19-4-7-26-48(43)55-52(41)45)47-25-6-3-18-42(47)44-23-12-28-50-51(44)46-20-5-8-27-49(46)54-50/h1-33H. The number of anilines is 3. The minimum Gasteiger partial charge on any atom is -0.310 e. The molecule has 0 fully saturated rings. The fourth-order valence-corrected chi connectivity index (χ4v) is 10.7. The van der Waals surface area contributed by atoms with Crippen molar-refractivity contribution in [2.45, 2.75) is 0 Å². The van der Waals surface area contributed by atoms with E-state index in [9.17, 15) is 0 Å². The maximum absolute atomic E-state index is 2.45. The van der Waals surface area contributed by atoms with Crippen LogP contribution < -0.4 is 4.90 Å². The number of hydrogen-bond donors (Lipinski definition) is 0. The summed E-state index contributed by atoms with van der Waals surface area (Å²) in [5, 5.41) is 7.76. The van der Waals surface area contributed by atoms with Gasteiger partial charge in [-0.1, -0.05) is 152 Å². The second kappa shape index (κ2) is 13.1. The van der Waals surface area contributed by atoms with Crippen molar-refractivity contribution in [3.05, 3.63) is 200 Å². The van der Waals surface area contributed by atoms with Crippen molar-refractivity contribution in [1.82, 2.24) is 0 Å². The van der Waals surface area contributed by atoms with Crippen molar-refractivity contribution in [3.63, 3.8) is 0 Å². The number of hydrogen-bond acceptors (Lipinski definition) is 3. The van der Waals surface area contributed by atoms with Gasteiger partial charge >= 0.3 is 0 Å². The Hall–Kier alpha value is -6.52. The van der Waals surface area contributed by atoms with Crippen LogP contribution in [0.2, 0.25) is 0 Å². The molecule has 2 heterocycles. The van der Waals surface area contributed by atoms with Gasteiger partial charge in [-0.15, -0.1) is 22.7 Å². The van der Waals surface area contributed by atoms with Crippen LogP contribution in [0.25, 0.3) is 84.5 Å².